The van der Waals surface area contributed by atoms with E-state index < -0.39 is 9.52 Å². The van der Waals surface area contributed by atoms with E-state index in [0.29, 0.717) is 5.92 Å². The zero-order valence-electron chi connectivity index (χ0n) is 23.4. The van der Waals surface area contributed by atoms with E-state index >= 15 is 0 Å². The van der Waals surface area contributed by atoms with Crippen LogP contribution in [0.1, 0.15) is 47.9 Å². The van der Waals surface area contributed by atoms with Gasteiger partial charge in [0.05, 0.1) is 15.2 Å². The highest BCUT2D eigenvalue weighted by atomic mass is 28.2. The van der Waals surface area contributed by atoms with Gasteiger partial charge in [0.1, 0.15) is 0 Å². The summed E-state index contributed by atoms with van der Waals surface area (Å²) in [4.78, 5) is 4.77. The number of imidazole rings is 1. The summed E-state index contributed by atoms with van der Waals surface area (Å²) in [7, 11) is 0.409. The smallest absolute Gasteiger partial charge is 0.239 e. The number of nitrogens with zero attached hydrogens (tertiary/aromatic N) is 2. The first-order valence-corrected chi connectivity index (χ1v) is 16.1. The second kappa shape index (κ2) is 14.3. The molecular formula is C36H37BN2Si. The number of benzene rings is 4. The van der Waals surface area contributed by atoms with Gasteiger partial charge in [-0.05, 0) is 42.0 Å². The molecule has 2 nitrogen and oxygen atoms in total. The van der Waals surface area contributed by atoms with E-state index in [2.05, 4.69) is 151 Å². The highest BCUT2D eigenvalue weighted by molar-refractivity contribution is 6.73. The molecule has 0 bridgehead atoms. The lowest BCUT2D eigenvalue weighted by atomic mass is 9.65. The highest BCUT2D eigenvalue weighted by Crippen LogP contribution is 2.30. The second-order valence-corrected chi connectivity index (χ2v) is 11.8. The van der Waals surface area contributed by atoms with Gasteiger partial charge < -0.3 is 4.57 Å². The maximum absolute atomic E-state index is 4.77. The molecule has 0 amide bonds. The molecule has 1 aromatic heterocycles. The number of aromatic nitrogens is 2. The van der Waals surface area contributed by atoms with E-state index in [4.69, 9.17) is 4.98 Å². The molecule has 1 heterocycles. The first-order valence-electron chi connectivity index (χ1n) is 14.3. The van der Waals surface area contributed by atoms with E-state index in [9.17, 15) is 0 Å². The first kappa shape index (κ1) is 27.4. The summed E-state index contributed by atoms with van der Waals surface area (Å²) >= 11 is 0. The molecule has 0 saturated heterocycles. The summed E-state index contributed by atoms with van der Waals surface area (Å²) < 4.78 is 2.37. The van der Waals surface area contributed by atoms with Gasteiger partial charge in [0, 0.05) is 24.5 Å². The van der Waals surface area contributed by atoms with Crippen LogP contribution in [0.2, 0.25) is 0 Å². The summed E-state index contributed by atoms with van der Waals surface area (Å²) in [5.41, 5.74) is 11.8. The highest BCUT2D eigenvalue weighted by Gasteiger charge is 2.14. The van der Waals surface area contributed by atoms with Crippen LogP contribution in [-0.2, 0) is 6.17 Å². The quantitative estimate of drug-likeness (QED) is 0.127. The van der Waals surface area contributed by atoms with Crippen molar-refractivity contribution in [2.75, 3.05) is 0 Å². The van der Waals surface area contributed by atoms with Gasteiger partial charge >= 0.3 is 0 Å². The van der Waals surface area contributed by atoms with Crippen LogP contribution in [0.15, 0.2) is 145 Å². The van der Waals surface area contributed by atoms with Crippen molar-refractivity contribution in [1.82, 2.24) is 9.55 Å². The average molecular weight is 537 g/mol. The van der Waals surface area contributed by atoms with Gasteiger partial charge in [-0.1, -0.05) is 138 Å². The van der Waals surface area contributed by atoms with Gasteiger partial charge in [0.15, 0.2) is 0 Å². The van der Waals surface area contributed by atoms with Crippen molar-refractivity contribution in [3.8, 4) is 0 Å². The minimum atomic E-state index is -0.409. The summed E-state index contributed by atoms with van der Waals surface area (Å²) in [5.74, 6) is 0.431. The van der Waals surface area contributed by atoms with Crippen LogP contribution in [0.5, 0.6) is 0 Å². The maximum Gasteiger partial charge on any atom is 0.239 e. The lowest BCUT2D eigenvalue weighted by Gasteiger charge is -2.18. The molecule has 4 heteroatoms. The molecule has 0 fully saturated rings. The average Bonchev–Trinajstić information content (AvgIpc) is 3.45. The molecule has 0 aliphatic rings. The molecule has 0 N–H and O–H groups in total. The number of allylic oxidation sites excluding steroid dienone is 1. The molecule has 0 radical (unpaired) electrons. The molecule has 0 saturated carbocycles. The molecule has 4 aromatic carbocycles. The Bertz CT molecular complexity index is 1470. The van der Waals surface area contributed by atoms with Crippen LogP contribution in [-0.4, -0.2) is 26.4 Å². The van der Waals surface area contributed by atoms with Crippen molar-refractivity contribution in [3.05, 3.63) is 167 Å². The van der Waals surface area contributed by atoms with Crippen LogP contribution in [0.25, 0.3) is 11.5 Å². The molecule has 40 heavy (non-hydrogen) atoms. The Morgan fingerprint density at radius 1 is 0.800 bits per heavy atom. The van der Waals surface area contributed by atoms with E-state index in [1.54, 1.807) is 0 Å². The third kappa shape index (κ3) is 7.71. The Labute approximate surface area is 242 Å². The van der Waals surface area contributed by atoms with Gasteiger partial charge in [0.2, 0.25) is 7.28 Å². The predicted molar refractivity (Wildman–Crippen MR) is 176 cm³/mol. The molecule has 0 aliphatic carbocycles. The minimum absolute atomic E-state index is 0.409. The fourth-order valence-electron chi connectivity index (χ4n) is 5.34. The monoisotopic (exact) mass is 536 g/mol. The third-order valence-electron chi connectivity index (χ3n) is 7.53. The predicted octanol–water partition coefficient (Wildman–Crippen LogP) is 6.79. The fraction of sp³-hybridized carbons (Fsp3) is 0.139. The lowest BCUT2D eigenvalue weighted by molar-refractivity contribution is 0.711. The van der Waals surface area contributed by atoms with Crippen molar-refractivity contribution < 1.29 is 0 Å². The van der Waals surface area contributed by atoms with Gasteiger partial charge in [-0.3, -0.25) is 4.98 Å². The van der Waals surface area contributed by atoms with E-state index in [0.717, 1.165) is 32.0 Å². The Hall–Kier alpha value is -4.15. The van der Waals surface area contributed by atoms with Crippen molar-refractivity contribution >= 4 is 34.1 Å². The largest absolute Gasteiger partial charge is 0.346 e. The summed E-state index contributed by atoms with van der Waals surface area (Å²) in [5, 5.41) is 0. The van der Waals surface area contributed by atoms with Crippen molar-refractivity contribution in [1.29, 1.82) is 0 Å². The fourth-order valence-corrected chi connectivity index (χ4v) is 6.85. The number of rotatable bonds is 12. The Morgan fingerprint density at radius 2 is 1.38 bits per heavy atom. The van der Waals surface area contributed by atoms with Crippen LogP contribution in [0.3, 0.4) is 0 Å². The number of hydrogen-bond acceptors (Lipinski definition) is 1. The van der Waals surface area contributed by atoms with Gasteiger partial charge in [0.25, 0.3) is 0 Å². The molecule has 198 valence electrons. The van der Waals surface area contributed by atoms with Crippen LogP contribution < -0.4 is 5.72 Å². The standard InChI is InChI=1S/C36H37BN2Si/c1-29(22-23-34(31-16-8-3-9-17-31)32-18-10-4-11-19-32)27-40-28-39-25-24-38-36(39)37-35(33-20-12-5-13-21-33)26-30-14-6-2-7-15-30/h2-21,24-27,34,37H,22-23,28,40H2,1H3. The summed E-state index contributed by atoms with van der Waals surface area (Å²) in [6.45, 7) is 2.31. The Morgan fingerprint density at radius 3 is 2.00 bits per heavy atom. The van der Waals surface area contributed by atoms with E-state index in [1.165, 1.54) is 33.3 Å². The molecule has 0 atom stereocenters. The molecule has 0 unspecified atom stereocenters. The Kier molecular flexibility index (Phi) is 9.80. The summed E-state index contributed by atoms with van der Waals surface area (Å²) in [6, 6.07) is 43.2. The normalized spacial score (nSPS) is 12.3. The van der Waals surface area contributed by atoms with Gasteiger partial charge in [-0.25, -0.2) is 0 Å². The molecular weight excluding hydrogens is 499 g/mol. The van der Waals surface area contributed by atoms with Crippen LogP contribution >= 0.6 is 0 Å². The van der Waals surface area contributed by atoms with Crippen LogP contribution in [0, 0.1) is 0 Å². The topological polar surface area (TPSA) is 17.8 Å². The lowest BCUT2D eigenvalue weighted by Crippen LogP contribution is -2.29. The molecule has 0 spiro atoms. The van der Waals surface area contributed by atoms with Gasteiger partial charge in [-0.2, -0.15) is 0 Å². The summed E-state index contributed by atoms with van der Waals surface area (Å²) in [6.07, 6.45) is 9.72. The zero-order chi connectivity index (χ0) is 27.4. The number of hydrogen-bond donors (Lipinski definition) is 0. The van der Waals surface area contributed by atoms with E-state index in [-0.39, 0.29) is 0 Å². The maximum atomic E-state index is 4.77. The zero-order valence-corrected chi connectivity index (χ0v) is 24.8. The van der Waals surface area contributed by atoms with Gasteiger partial charge in [-0.15, -0.1) is 5.70 Å². The van der Waals surface area contributed by atoms with Crippen molar-refractivity contribution in [2.24, 2.45) is 0 Å². The SMILES string of the molecule is CC(=C[SiH2]Cn1ccnc1BC(=Cc1ccccc1)c1ccccc1)CCC(c1ccccc1)c1ccccc1. The molecule has 5 rings (SSSR count). The third-order valence-corrected chi connectivity index (χ3v) is 9.25. The Balaban J connectivity index is 1.23. The molecule has 0 aliphatic heterocycles. The molecule has 5 aromatic rings. The van der Waals surface area contributed by atoms with Crippen molar-refractivity contribution in [3.63, 3.8) is 0 Å². The van der Waals surface area contributed by atoms with E-state index in [1.807, 2.05) is 6.20 Å². The second-order valence-electron chi connectivity index (χ2n) is 10.4. The first-order chi connectivity index (χ1) is 19.8. The van der Waals surface area contributed by atoms with Crippen molar-refractivity contribution in [2.45, 2.75) is 31.9 Å². The minimum Gasteiger partial charge on any atom is -0.346 e. The van der Waals surface area contributed by atoms with Crippen LogP contribution in [0.4, 0.5) is 0 Å².